The molecular weight excluding hydrogens is 216 g/mol. The van der Waals surface area contributed by atoms with Crippen LogP contribution in [0.1, 0.15) is 20.3 Å². The third-order valence-corrected chi connectivity index (χ3v) is 1.99. The van der Waals surface area contributed by atoms with Crippen LogP contribution in [0.15, 0.2) is 0 Å². The quantitative estimate of drug-likeness (QED) is 0.447. The first kappa shape index (κ1) is 15.5. The normalized spacial score (nSPS) is 15.1. The Morgan fingerprint density at radius 2 is 1.69 bits per heavy atom. The van der Waals surface area contributed by atoms with E-state index in [9.17, 15) is 15.0 Å². The number of Topliss-reactive ketones (excluding diaryl/α,β-unsaturated/α-hetero) is 1. The van der Waals surface area contributed by atoms with E-state index in [4.69, 9.17) is 14.6 Å². The molecule has 6 nitrogen and oxygen atoms in total. The summed E-state index contributed by atoms with van der Waals surface area (Å²) >= 11 is 0. The summed E-state index contributed by atoms with van der Waals surface area (Å²) in [6.45, 7) is 3.55. The predicted octanol–water partition coefficient (Wildman–Crippen LogP) is -0.941. The summed E-state index contributed by atoms with van der Waals surface area (Å²) < 4.78 is 10.3. The molecule has 6 heteroatoms. The molecule has 0 bridgehead atoms. The van der Waals surface area contributed by atoms with Crippen LogP contribution in [0.4, 0.5) is 0 Å². The van der Waals surface area contributed by atoms with Crippen LogP contribution in [0.5, 0.6) is 0 Å². The van der Waals surface area contributed by atoms with Gasteiger partial charge >= 0.3 is 0 Å². The van der Waals surface area contributed by atoms with Crippen molar-refractivity contribution in [1.82, 2.24) is 0 Å². The second-order valence-electron chi connectivity index (χ2n) is 3.21. The lowest BCUT2D eigenvalue weighted by atomic mass is 10.1. The lowest BCUT2D eigenvalue weighted by Crippen LogP contribution is -2.39. The van der Waals surface area contributed by atoms with Gasteiger partial charge in [0.15, 0.2) is 12.1 Å². The van der Waals surface area contributed by atoms with Crippen molar-refractivity contribution < 1.29 is 29.6 Å². The van der Waals surface area contributed by atoms with Crippen LogP contribution in [0.3, 0.4) is 0 Å². The summed E-state index contributed by atoms with van der Waals surface area (Å²) in [5, 5.41) is 27.3. The van der Waals surface area contributed by atoms with Gasteiger partial charge in [-0.3, -0.25) is 4.79 Å². The molecule has 0 aliphatic carbocycles. The highest BCUT2D eigenvalue weighted by atomic mass is 16.7. The van der Waals surface area contributed by atoms with E-state index < -0.39 is 30.9 Å². The number of carbonyl (C=O) groups excluding carboxylic acids is 1. The molecule has 3 N–H and O–H groups in total. The number of ether oxygens (including phenoxy) is 2. The van der Waals surface area contributed by atoms with Gasteiger partial charge in [0.25, 0.3) is 0 Å². The van der Waals surface area contributed by atoms with Crippen molar-refractivity contribution in [3.8, 4) is 0 Å². The van der Waals surface area contributed by atoms with Crippen molar-refractivity contribution in [2.24, 2.45) is 0 Å². The van der Waals surface area contributed by atoms with E-state index in [-0.39, 0.29) is 6.42 Å². The van der Waals surface area contributed by atoms with E-state index in [1.54, 1.807) is 13.8 Å². The maximum Gasteiger partial charge on any atom is 0.189 e. The van der Waals surface area contributed by atoms with Crippen molar-refractivity contribution in [3.63, 3.8) is 0 Å². The lowest BCUT2D eigenvalue weighted by Gasteiger charge is -2.22. The zero-order valence-corrected chi connectivity index (χ0v) is 9.63. The van der Waals surface area contributed by atoms with Crippen LogP contribution in [0.2, 0.25) is 0 Å². The molecule has 0 amide bonds. The van der Waals surface area contributed by atoms with Crippen LogP contribution >= 0.6 is 0 Å². The Labute approximate surface area is 94.8 Å². The molecule has 0 aliphatic rings. The number of aliphatic hydroxyl groups is 3. The third kappa shape index (κ3) is 5.53. The third-order valence-electron chi connectivity index (χ3n) is 1.99. The standard InChI is InChI=1S/C10H20O6/c1-3-15-9(16-4-2)5-7(12)10(14)8(13)6-11/h7,9-12,14H,3-6H2,1-2H3/t7?,10-/m1/s1. The molecular formula is C10H20O6. The topological polar surface area (TPSA) is 96.2 Å². The Hall–Kier alpha value is -0.530. The molecule has 0 spiro atoms. The van der Waals surface area contributed by atoms with Gasteiger partial charge < -0.3 is 24.8 Å². The molecule has 0 aromatic carbocycles. The number of ketones is 1. The van der Waals surface area contributed by atoms with E-state index in [0.29, 0.717) is 13.2 Å². The highest BCUT2D eigenvalue weighted by Gasteiger charge is 2.26. The molecule has 96 valence electrons. The Bertz CT molecular complexity index is 190. The number of hydrogen-bond acceptors (Lipinski definition) is 6. The number of aliphatic hydroxyl groups excluding tert-OH is 3. The Morgan fingerprint density at radius 1 is 1.19 bits per heavy atom. The van der Waals surface area contributed by atoms with Crippen molar-refractivity contribution >= 4 is 5.78 Å². The van der Waals surface area contributed by atoms with E-state index in [2.05, 4.69) is 0 Å². The zero-order valence-electron chi connectivity index (χ0n) is 9.63. The minimum Gasteiger partial charge on any atom is -0.390 e. The van der Waals surface area contributed by atoms with Crippen molar-refractivity contribution in [2.45, 2.75) is 38.8 Å². The molecule has 0 radical (unpaired) electrons. The Kier molecular flexibility index (Phi) is 8.32. The van der Waals surface area contributed by atoms with Crippen molar-refractivity contribution in [2.75, 3.05) is 19.8 Å². The molecule has 2 atom stereocenters. The van der Waals surface area contributed by atoms with Crippen LogP contribution in [-0.4, -0.2) is 59.4 Å². The molecule has 0 rings (SSSR count). The first-order valence-corrected chi connectivity index (χ1v) is 5.29. The van der Waals surface area contributed by atoms with E-state index in [1.165, 1.54) is 0 Å². The zero-order chi connectivity index (χ0) is 12.6. The summed E-state index contributed by atoms with van der Waals surface area (Å²) in [7, 11) is 0. The highest BCUT2D eigenvalue weighted by molar-refractivity contribution is 5.84. The first-order chi connectivity index (χ1) is 7.56. The fourth-order valence-corrected chi connectivity index (χ4v) is 1.19. The van der Waals surface area contributed by atoms with Gasteiger partial charge in [0.2, 0.25) is 0 Å². The van der Waals surface area contributed by atoms with E-state index in [0.717, 1.165) is 0 Å². The molecule has 0 fully saturated rings. The maximum atomic E-state index is 10.9. The van der Waals surface area contributed by atoms with Gasteiger partial charge in [-0.1, -0.05) is 0 Å². The van der Waals surface area contributed by atoms with Gasteiger partial charge in [0.05, 0.1) is 6.10 Å². The Balaban J connectivity index is 4.15. The largest absolute Gasteiger partial charge is 0.390 e. The van der Waals surface area contributed by atoms with Crippen molar-refractivity contribution in [1.29, 1.82) is 0 Å². The number of rotatable bonds is 9. The first-order valence-electron chi connectivity index (χ1n) is 5.29. The minimum absolute atomic E-state index is 0.0193. The van der Waals surface area contributed by atoms with Crippen LogP contribution in [0.25, 0.3) is 0 Å². The average Bonchev–Trinajstić information content (AvgIpc) is 2.27. The van der Waals surface area contributed by atoms with Gasteiger partial charge in [0, 0.05) is 19.6 Å². The second kappa shape index (κ2) is 8.60. The monoisotopic (exact) mass is 236 g/mol. The van der Waals surface area contributed by atoms with Crippen LogP contribution in [-0.2, 0) is 14.3 Å². The molecule has 0 aromatic rings. The second-order valence-corrected chi connectivity index (χ2v) is 3.21. The molecule has 0 aliphatic heterocycles. The molecule has 0 aromatic heterocycles. The fraction of sp³-hybridized carbons (Fsp3) is 0.900. The van der Waals surface area contributed by atoms with Gasteiger partial charge in [0.1, 0.15) is 12.7 Å². The average molecular weight is 236 g/mol. The summed E-state index contributed by atoms with van der Waals surface area (Å²) in [6.07, 6.45) is -3.59. The SMILES string of the molecule is CCOC(CC(O)[C@@H](O)C(=O)CO)OCC. The summed E-state index contributed by atoms with van der Waals surface area (Å²) in [4.78, 5) is 10.9. The summed E-state index contributed by atoms with van der Waals surface area (Å²) in [5.41, 5.74) is 0. The van der Waals surface area contributed by atoms with E-state index in [1.807, 2.05) is 0 Å². The number of carbonyl (C=O) groups is 1. The fourth-order valence-electron chi connectivity index (χ4n) is 1.19. The molecule has 0 heterocycles. The summed E-state index contributed by atoms with van der Waals surface area (Å²) in [5.74, 6) is -0.820. The van der Waals surface area contributed by atoms with Gasteiger partial charge in [-0.2, -0.15) is 0 Å². The van der Waals surface area contributed by atoms with Crippen LogP contribution < -0.4 is 0 Å². The molecule has 16 heavy (non-hydrogen) atoms. The summed E-state index contributed by atoms with van der Waals surface area (Å²) in [6, 6.07) is 0. The lowest BCUT2D eigenvalue weighted by molar-refractivity contribution is -0.165. The van der Waals surface area contributed by atoms with Crippen molar-refractivity contribution in [3.05, 3.63) is 0 Å². The number of hydrogen-bond donors (Lipinski definition) is 3. The molecule has 0 saturated heterocycles. The van der Waals surface area contributed by atoms with Gasteiger partial charge in [-0.15, -0.1) is 0 Å². The molecule has 0 saturated carbocycles. The smallest absolute Gasteiger partial charge is 0.189 e. The predicted molar refractivity (Wildman–Crippen MR) is 55.8 cm³/mol. The maximum absolute atomic E-state index is 10.9. The Morgan fingerprint density at radius 3 is 2.06 bits per heavy atom. The van der Waals surface area contributed by atoms with Gasteiger partial charge in [-0.25, -0.2) is 0 Å². The van der Waals surface area contributed by atoms with E-state index >= 15 is 0 Å². The highest BCUT2D eigenvalue weighted by Crippen LogP contribution is 2.09. The van der Waals surface area contributed by atoms with Crippen LogP contribution in [0, 0.1) is 0 Å². The minimum atomic E-state index is -1.60. The molecule has 1 unspecified atom stereocenters. The van der Waals surface area contributed by atoms with Gasteiger partial charge in [-0.05, 0) is 13.8 Å².